The number of carboxylic acids is 1. The van der Waals surface area contributed by atoms with Gasteiger partial charge >= 0.3 is 5.97 Å². The summed E-state index contributed by atoms with van der Waals surface area (Å²) in [6.45, 7) is -0.461. The molecular formula is C9H6BrNO3. The van der Waals surface area contributed by atoms with Gasteiger partial charge in [-0.25, -0.2) is 4.79 Å². The van der Waals surface area contributed by atoms with Gasteiger partial charge in [0.05, 0.1) is 23.8 Å². The van der Waals surface area contributed by atoms with E-state index in [0.717, 1.165) is 0 Å². The summed E-state index contributed by atoms with van der Waals surface area (Å²) in [5.41, 5.74) is 0.251. The van der Waals surface area contributed by atoms with Gasteiger partial charge in [-0.2, -0.15) is 5.26 Å². The van der Waals surface area contributed by atoms with Crippen LogP contribution >= 0.6 is 15.9 Å². The van der Waals surface area contributed by atoms with Crippen LogP contribution in [0.15, 0.2) is 16.6 Å². The number of halogens is 1. The number of nitrogens with zero attached hydrogens (tertiary/aromatic N) is 1. The number of aromatic carboxylic acids is 1. The van der Waals surface area contributed by atoms with E-state index in [4.69, 9.17) is 15.5 Å². The van der Waals surface area contributed by atoms with Crippen LogP contribution in [-0.2, 0) is 6.61 Å². The summed E-state index contributed by atoms with van der Waals surface area (Å²) >= 11 is 3.09. The third-order valence-corrected chi connectivity index (χ3v) is 2.18. The third-order valence-electron chi connectivity index (χ3n) is 1.72. The quantitative estimate of drug-likeness (QED) is 0.840. The van der Waals surface area contributed by atoms with E-state index in [0.29, 0.717) is 4.47 Å². The summed E-state index contributed by atoms with van der Waals surface area (Å²) in [5, 5.41) is 26.4. The molecule has 4 nitrogen and oxygen atoms in total. The van der Waals surface area contributed by atoms with Gasteiger partial charge in [-0.3, -0.25) is 0 Å². The monoisotopic (exact) mass is 255 g/mol. The zero-order chi connectivity index (χ0) is 10.7. The summed E-state index contributed by atoms with van der Waals surface area (Å²) in [7, 11) is 0. The normalized spacial score (nSPS) is 9.50. The Balaban J connectivity index is 3.49. The van der Waals surface area contributed by atoms with Gasteiger partial charge in [0.1, 0.15) is 0 Å². The lowest BCUT2D eigenvalue weighted by Gasteiger charge is -2.05. The van der Waals surface area contributed by atoms with Crippen molar-refractivity contribution >= 4 is 21.9 Å². The van der Waals surface area contributed by atoms with E-state index in [1.807, 2.05) is 6.07 Å². The molecule has 0 unspecified atom stereocenters. The molecule has 0 bridgehead atoms. The van der Waals surface area contributed by atoms with Gasteiger partial charge in [-0.15, -0.1) is 0 Å². The Kier molecular flexibility index (Phi) is 3.23. The van der Waals surface area contributed by atoms with Crippen LogP contribution in [0.4, 0.5) is 0 Å². The zero-order valence-corrected chi connectivity index (χ0v) is 8.58. The lowest BCUT2D eigenvalue weighted by Crippen LogP contribution is -2.05. The number of nitriles is 1. The molecule has 0 heterocycles. The van der Waals surface area contributed by atoms with E-state index in [1.54, 1.807) is 0 Å². The molecule has 2 N–H and O–H groups in total. The molecule has 0 saturated heterocycles. The molecule has 1 rings (SSSR count). The first-order chi connectivity index (χ1) is 6.60. The average Bonchev–Trinajstić information content (AvgIpc) is 2.16. The maximum Gasteiger partial charge on any atom is 0.336 e. The number of benzene rings is 1. The van der Waals surface area contributed by atoms with Gasteiger partial charge in [0, 0.05) is 10.0 Å². The minimum Gasteiger partial charge on any atom is -0.478 e. The molecule has 5 heteroatoms. The highest BCUT2D eigenvalue weighted by Gasteiger charge is 2.14. The van der Waals surface area contributed by atoms with Crippen LogP contribution in [0.1, 0.15) is 21.5 Å². The second kappa shape index (κ2) is 4.22. The summed E-state index contributed by atoms with van der Waals surface area (Å²) in [5.74, 6) is -1.16. The highest BCUT2D eigenvalue weighted by molar-refractivity contribution is 9.10. The van der Waals surface area contributed by atoms with Crippen LogP contribution in [0.3, 0.4) is 0 Å². The van der Waals surface area contributed by atoms with Gasteiger partial charge < -0.3 is 10.2 Å². The van der Waals surface area contributed by atoms with Crippen LogP contribution in [-0.4, -0.2) is 16.2 Å². The van der Waals surface area contributed by atoms with E-state index in [9.17, 15) is 4.79 Å². The first-order valence-electron chi connectivity index (χ1n) is 3.66. The van der Waals surface area contributed by atoms with E-state index in [-0.39, 0.29) is 16.7 Å². The van der Waals surface area contributed by atoms with Crippen molar-refractivity contribution < 1.29 is 15.0 Å². The fourth-order valence-corrected chi connectivity index (χ4v) is 1.56. The van der Waals surface area contributed by atoms with Gasteiger partial charge in [0.15, 0.2) is 0 Å². The number of carboxylic acid groups (broad SMARTS) is 1. The van der Waals surface area contributed by atoms with Crippen molar-refractivity contribution in [1.29, 1.82) is 5.26 Å². The Morgan fingerprint density at radius 1 is 1.57 bits per heavy atom. The number of hydrogen-bond acceptors (Lipinski definition) is 3. The second-order valence-corrected chi connectivity index (χ2v) is 3.47. The van der Waals surface area contributed by atoms with E-state index in [1.165, 1.54) is 12.1 Å². The number of aliphatic hydroxyl groups excluding tert-OH is 1. The predicted molar refractivity (Wildman–Crippen MR) is 51.7 cm³/mol. The summed E-state index contributed by atoms with van der Waals surface area (Å²) < 4.78 is 0.503. The second-order valence-electron chi connectivity index (χ2n) is 2.55. The van der Waals surface area contributed by atoms with E-state index < -0.39 is 12.6 Å². The molecule has 14 heavy (non-hydrogen) atoms. The van der Waals surface area contributed by atoms with Gasteiger partial charge in [-0.05, 0) is 12.1 Å². The molecule has 1 aromatic rings. The molecule has 1 aromatic carbocycles. The lowest BCUT2D eigenvalue weighted by atomic mass is 10.0. The maximum absolute atomic E-state index is 10.8. The minimum atomic E-state index is -1.16. The minimum absolute atomic E-state index is 0.0570. The molecule has 0 saturated carbocycles. The fraction of sp³-hybridized carbons (Fsp3) is 0.111. The van der Waals surface area contributed by atoms with Crippen molar-refractivity contribution in [1.82, 2.24) is 0 Å². The van der Waals surface area contributed by atoms with E-state index >= 15 is 0 Å². The molecule has 0 aliphatic heterocycles. The molecule has 0 radical (unpaired) electrons. The number of hydrogen-bond donors (Lipinski definition) is 2. The first-order valence-corrected chi connectivity index (χ1v) is 4.46. The van der Waals surface area contributed by atoms with Crippen molar-refractivity contribution in [2.24, 2.45) is 0 Å². The SMILES string of the molecule is N#Cc1cc(Br)cc(C(=O)O)c1CO. The smallest absolute Gasteiger partial charge is 0.336 e. The molecule has 0 aliphatic rings. The van der Waals surface area contributed by atoms with Crippen molar-refractivity contribution in [2.45, 2.75) is 6.61 Å². The third kappa shape index (κ3) is 1.92. The molecule has 0 fully saturated rings. The fourth-order valence-electron chi connectivity index (χ4n) is 1.10. The average molecular weight is 256 g/mol. The lowest BCUT2D eigenvalue weighted by molar-refractivity contribution is 0.0693. The number of aliphatic hydroxyl groups is 1. The Morgan fingerprint density at radius 3 is 2.64 bits per heavy atom. The first kappa shape index (κ1) is 10.7. The van der Waals surface area contributed by atoms with Crippen molar-refractivity contribution in [3.05, 3.63) is 33.3 Å². The summed E-state index contributed by atoms with van der Waals surface area (Å²) in [6, 6.07) is 4.66. The van der Waals surface area contributed by atoms with Gasteiger partial charge in [0.2, 0.25) is 0 Å². The summed E-state index contributed by atoms with van der Waals surface area (Å²) in [4.78, 5) is 10.8. The predicted octanol–water partition coefficient (Wildman–Crippen LogP) is 1.51. The topological polar surface area (TPSA) is 81.3 Å². The Bertz CT molecular complexity index is 423. The van der Waals surface area contributed by atoms with Crippen molar-refractivity contribution in [2.75, 3.05) is 0 Å². The van der Waals surface area contributed by atoms with Gasteiger partial charge in [0.25, 0.3) is 0 Å². The van der Waals surface area contributed by atoms with Crippen LogP contribution in [0.25, 0.3) is 0 Å². The van der Waals surface area contributed by atoms with Crippen LogP contribution in [0, 0.1) is 11.3 Å². The summed E-state index contributed by atoms with van der Waals surface area (Å²) in [6.07, 6.45) is 0. The zero-order valence-electron chi connectivity index (χ0n) is 6.99. The maximum atomic E-state index is 10.8. The molecule has 0 aliphatic carbocycles. The molecule has 72 valence electrons. The van der Waals surface area contributed by atoms with Gasteiger partial charge in [-0.1, -0.05) is 15.9 Å². The standard InChI is InChI=1S/C9H6BrNO3/c10-6-1-5(3-11)8(4-12)7(2-6)9(13)14/h1-2,12H,4H2,(H,13,14). The number of rotatable bonds is 2. The Morgan fingerprint density at radius 2 is 2.21 bits per heavy atom. The van der Waals surface area contributed by atoms with Crippen LogP contribution < -0.4 is 0 Å². The number of carbonyl (C=O) groups is 1. The molecule has 0 spiro atoms. The molecule has 0 amide bonds. The molecule has 0 aromatic heterocycles. The van der Waals surface area contributed by atoms with Crippen molar-refractivity contribution in [3.8, 4) is 6.07 Å². The molecule has 0 atom stereocenters. The highest BCUT2D eigenvalue weighted by Crippen LogP contribution is 2.21. The molecular weight excluding hydrogens is 250 g/mol. The Labute approximate surface area is 88.5 Å². The van der Waals surface area contributed by atoms with Crippen LogP contribution in [0.2, 0.25) is 0 Å². The van der Waals surface area contributed by atoms with Crippen LogP contribution in [0.5, 0.6) is 0 Å². The largest absolute Gasteiger partial charge is 0.478 e. The van der Waals surface area contributed by atoms with Crippen molar-refractivity contribution in [3.63, 3.8) is 0 Å². The highest BCUT2D eigenvalue weighted by atomic mass is 79.9. The van der Waals surface area contributed by atoms with E-state index in [2.05, 4.69) is 15.9 Å². The Hall–Kier alpha value is -1.38.